The first-order valence-corrected chi connectivity index (χ1v) is 8.05. The van der Waals surface area contributed by atoms with Gasteiger partial charge in [-0.2, -0.15) is 0 Å². The van der Waals surface area contributed by atoms with Crippen LogP contribution in [0, 0.1) is 5.41 Å². The number of sulfonamides is 1. The maximum atomic E-state index is 12.1. The van der Waals surface area contributed by atoms with Gasteiger partial charge in [-0.15, -0.1) is 0 Å². The number of hydrogen-bond donors (Lipinski definition) is 1. The third kappa shape index (κ3) is 6.68. The zero-order valence-corrected chi connectivity index (χ0v) is 13.1. The van der Waals surface area contributed by atoms with E-state index in [-0.39, 0.29) is 23.9 Å². The first kappa shape index (κ1) is 17.8. The Morgan fingerprint density at radius 3 is 2.28 bits per heavy atom. The molecule has 0 aromatic heterocycles. The molecular weight excluding hydrogens is 252 g/mol. The molecule has 0 saturated heterocycles. The molecule has 0 atom stereocenters. The normalized spacial score (nSPS) is 13.6. The van der Waals surface area contributed by atoms with Crippen LogP contribution in [0.15, 0.2) is 0 Å². The monoisotopic (exact) mass is 280 g/mol. The molecule has 6 heteroatoms. The van der Waals surface area contributed by atoms with Gasteiger partial charge in [0.15, 0.2) is 0 Å². The van der Waals surface area contributed by atoms with Crippen LogP contribution in [-0.4, -0.2) is 50.8 Å². The van der Waals surface area contributed by atoms with Crippen LogP contribution in [-0.2, 0) is 14.8 Å². The van der Waals surface area contributed by atoms with Crippen molar-refractivity contribution in [2.45, 2.75) is 40.7 Å². The van der Waals surface area contributed by atoms with E-state index in [0.29, 0.717) is 19.6 Å². The molecule has 5 nitrogen and oxygen atoms in total. The lowest BCUT2D eigenvalue weighted by Gasteiger charge is -2.30. The molecule has 0 saturated carbocycles. The van der Waals surface area contributed by atoms with E-state index < -0.39 is 10.0 Å². The van der Waals surface area contributed by atoms with Crippen LogP contribution in [0.1, 0.15) is 34.6 Å². The summed E-state index contributed by atoms with van der Waals surface area (Å²) in [6, 6.07) is 0. The van der Waals surface area contributed by atoms with Crippen LogP contribution in [0.3, 0.4) is 0 Å². The average molecular weight is 280 g/mol. The summed E-state index contributed by atoms with van der Waals surface area (Å²) >= 11 is 0. The lowest BCUT2D eigenvalue weighted by atomic mass is 9.94. The second-order valence-corrected chi connectivity index (χ2v) is 7.62. The van der Waals surface area contributed by atoms with Crippen molar-refractivity contribution in [3.63, 3.8) is 0 Å². The Balaban J connectivity index is 4.53. The largest absolute Gasteiger partial charge is 0.378 e. The van der Waals surface area contributed by atoms with Gasteiger partial charge in [-0.05, 0) is 25.8 Å². The van der Waals surface area contributed by atoms with Crippen LogP contribution >= 0.6 is 0 Å². The summed E-state index contributed by atoms with van der Waals surface area (Å²) in [7, 11) is -3.26. The first-order chi connectivity index (χ1) is 8.14. The first-order valence-electron chi connectivity index (χ1n) is 6.44. The molecule has 0 amide bonds. The molecule has 0 aliphatic rings. The number of nitrogens with zero attached hydrogens (tertiary/aromatic N) is 1. The molecule has 0 aromatic rings. The number of rotatable bonds is 9. The highest BCUT2D eigenvalue weighted by atomic mass is 32.2. The van der Waals surface area contributed by atoms with Crippen molar-refractivity contribution in [3.8, 4) is 0 Å². The Hall–Kier alpha value is -0.170. The second kappa shape index (κ2) is 7.43. The van der Waals surface area contributed by atoms with Crippen LogP contribution in [0.25, 0.3) is 0 Å². The van der Waals surface area contributed by atoms with E-state index >= 15 is 0 Å². The highest BCUT2D eigenvalue weighted by molar-refractivity contribution is 7.89. The molecule has 0 rings (SSSR count). The quantitative estimate of drug-likeness (QED) is 0.685. The van der Waals surface area contributed by atoms with Gasteiger partial charge in [-0.25, -0.2) is 12.7 Å². The third-order valence-electron chi connectivity index (χ3n) is 2.70. The predicted molar refractivity (Wildman–Crippen MR) is 75.0 cm³/mol. The van der Waals surface area contributed by atoms with Crippen LogP contribution in [0.2, 0.25) is 0 Å². The molecule has 0 unspecified atom stereocenters. The predicted octanol–water partition coefficient (Wildman–Crippen LogP) is 1.05. The SMILES string of the molecule is CCN(CC(C)(C)CN)S(=O)(=O)CCOC(C)C. The molecule has 0 fully saturated rings. The Labute approximate surface area is 112 Å². The Kier molecular flexibility index (Phi) is 7.36. The fourth-order valence-electron chi connectivity index (χ4n) is 1.47. The summed E-state index contributed by atoms with van der Waals surface area (Å²) in [6.45, 7) is 11.2. The van der Waals surface area contributed by atoms with Gasteiger partial charge < -0.3 is 10.5 Å². The molecule has 0 aromatic carbocycles. The molecule has 0 aliphatic heterocycles. The highest BCUT2D eigenvalue weighted by Crippen LogP contribution is 2.17. The molecular formula is C12H28N2O3S. The van der Waals surface area contributed by atoms with E-state index in [0.717, 1.165) is 0 Å². The molecule has 0 spiro atoms. The van der Waals surface area contributed by atoms with E-state index in [4.69, 9.17) is 10.5 Å². The van der Waals surface area contributed by atoms with Crippen LogP contribution in [0.5, 0.6) is 0 Å². The fourth-order valence-corrected chi connectivity index (χ4v) is 2.97. The molecule has 0 heterocycles. The standard InChI is InChI=1S/C12H28N2O3S/c1-6-14(10-12(4,5)9-13)18(15,16)8-7-17-11(2)3/h11H,6-10,13H2,1-5H3. The summed E-state index contributed by atoms with van der Waals surface area (Å²) in [5, 5.41) is 0. The smallest absolute Gasteiger partial charge is 0.216 e. The Morgan fingerprint density at radius 1 is 1.33 bits per heavy atom. The van der Waals surface area contributed by atoms with Gasteiger partial charge in [-0.3, -0.25) is 0 Å². The van der Waals surface area contributed by atoms with Crippen molar-refractivity contribution in [3.05, 3.63) is 0 Å². The van der Waals surface area contributed by atoms with Crippen LogP contribution in [0.4, 0.5) is 0 Å². The van der Waals surface area contributed by atoms with E-state index in [2.05, 4.69) is 0 Å². The second-order valence-electron chi connectivity index (χ2n) is 5.53. The number of ether oxygens (including phenoxy) is 1. The molecule has 2 N–H and O–H groups in total. The molecule has 0 aliphatic carbocycles. The topological polar surface area (TPSA) is 72.6 Å². The maximum absolute atomic E-state index is 12.1. The summed E-state index contributed by atoms with van der Waals surface area (Å²) in [5.74, 6) is 0.0275. The van der Waals surface area contributed by atoms with E-state index in [1.165, 1.54) is 4.31 Å². The summed E-state index contributed by atoms with van der Waals surface area (Å²) in [5.41, 5.74) is 5.44. The van der Waals surface area contributed by atoms with Crippen molar-refractivity contribution in [2.24, 2.45) is 11.1 Å². The van der Waals surface area contributed by atoms with Crippen molar-refractivity contribution < 1.29 is 13.2 Å². The van der Waals surface area contributed by atoms with Crippen molar-refractivity contribution in [1.29, 1.82) is 0 Å². The van der Waals surface area contributed by atoms with Crippen molar-refractivity contribution in [2.75, 3.05) is 32.0 Å². The zero-order valence-electron chi connectivity index (χ0n) is 12.3. The minimum Gasteiger partial charge on any atom is -0.378 e. The van der Waals surface area contributed by atoms with Gasteiger partial charge in [0, 0.05) is 13.1 Å². The van der Waals surface area contributed by atoms with Crippen molar-refractivity contribution >= 4 is 10.0 Å². The highest BCUT2D eigenvalue weighted by Gasteiger charge is 2.27. The molecule has 110 valence electrons. The van der Waals surface area contributed by atoms with Gasteiger partial charge in [0.05, 0.1) is 18.5 Å². The van der Waals surface area contributed by atoms with Gasteiger partial charge in [0.2, 0.25) is 10.0 Å². The Bertz CT molecular complexity index is 326. The fraction of sp³-hybridized carbons (Fsp3) is 1.00. The zero-order chi connectivity index (χ0) is 14.4. The average Bonchev–Trinajstić information content (AvgIpc) is 2.25. The summed E-state index contributed by atoms with van der Waals surface area (Å²) < 4.78 is 31.1. The summed E-state index contributed by atoms with van der Waals surface area (Å²) in [6.07, 6.45) is 0.0516. The van der Waals surface area contributed by atoms with Gasteiger partial charge in [0.1, 0.15) is 0 Å². The van der Waals surface area contributed by atoms with E-state index in [9.17, 15) is 8.42 Å². The van der Waals surface area contributed by atoms with Gasteiger partial charge >= 0.3 is 0 Å². The maximum Gasteiger partial charge on any atom is 0.216 e. The lowest BCUT2D eigenvalue weighted by molar-refractivity contribution is 0.0905. The lowest BCUT2D eigenvalue weighted by Crippen LogP contribution is -2.43. The molecule has 0 bridgehead atoms. The number of hydrogen-bond acceptors (Lipinski definition) is 4. The van der Waals surface area contributed by atoms with E-state index in [1.807, 2.05) is 34.6 Å². The minimum absolute atomic E-state index is 0.0275. The van der Waals surface area contributed by atoms with Gasteiger partial charge in [-0.1, -0.05) is 20.8 Å². The minimum atomic E-state index is -3.26. The molecule has 18 heavy (non-hydrogen) atoms. The van der Waals surface area contributed by atoms with Crippen molar-refractivity contribution in [1.82, 2.24) is 4.31 Å². The molecule has 0 radical (unpaired) electrons. The Morgan fingerprint density at radius 2 is 1.89 bits per heavy atom. The van der Waals surface area contributed by atoms with E-state index in [1.54, 1.807) is 0 Å². The van der Waals surface area contributed by atoms with Gasteiger partial charge in [0.25, 0.3) is 0 Å². The third-order valence-corrected chi connectivity index (χ3v) is 4.55. The van der Waals surface area contributed by atoms with Crippen LogP contribution < -0.4 is 5.73 Å². The summed E-state index contributed by atoms with van der Waals surface area (Å²) in [4.78, 5) is 0. The number of nitrogens with two attached hydrogens (primary N) is 1.